The molecule has 3 aromatic rings. The van der Waals surface area contributed by atoms with Crippen LogP contribution in [0.15, 0.2) is 61.1 Å². The van der Waals surface area contributed by atoms with Gasteiger partial charge in [-0.25, -0.2) is 4.98 Å². The molecular formula is C22H23N3O2. The lowest BCUT2D eigenvalue weighted by Gasteiger charge is -2.34. The molecule has 0 spiro atoms. The maximum atomic E-state index is 13.2. The highest BCUT2D eigenvalue weighted by Crippen LogP contribution is 2.27. The summed E-state index contributed by atoms with van der Waals surface area (Å²) in [7, 11) is 0. The predicted molar refractivity (Wildman–Crippen MR) is 104 cm³/mol. The normalized spacial score (nSPS) is 17.1. The average Bonchev–Trinajstić information content (AvgIpc) is 3.18. The summed E-state index contributed by atoms with van der Waals surface area (Å²) in [6, 6.07) is 16.2. The summed E-state index contributed by atoms with van der Waals surface area (Å²) in [5.41, 5.74) is 5.07. The minimum absolute atomic E-state index is 0.0191. The fraction of sp³-hybridized carbons (Fsp3) is 0.273. The molecule has 1 saturated heterocycles. The Morgan fingerprint density at radius 2 is 1.96 bits per heavy atom. The molecule has 0 saturated carbocycles. The summed E-state index contributed by atoms with van der Waals surface area (Å²) in [6.07, 6.45) is 3.22. The van der Waals surface area contributed by atoms with E-state index in [1.807, 2.05) is 39.8 Å². The van der Waals surface area contributed by atoms with Crippen molar-refractivity contribution in [3.8, 4) is 5.69 Å². The highest BCUT2D eigenvalue weighted by molar-refractivity contribution is 5.93. The maximum Gasteiger partial charge on any atom is 0.272 e. The average molecular weight is 361 g/mol. The molecule has 2 heterocycles. The number of hydrogen-bond donors (Lipinski definition) is 0. The first-order chi connectivity index (χ1) is 13.1. The molecule has 5 heteroatoms. The number of imidazole rings is 1. The van der Waals surface area contributed by atoms with Gasteiger partial charge >= 0.3 is 0 Å². The fourth-order valence-electron chi connectivity index (χ4n) is 3.62. The third kappa shape index (κ3) is 3.51. The zero-order valence-corrected chi connectivity index (χ0v) is 15.6. The first-order valence-electron chi connectivity index (χ1n) is 9.19. The largest absolute Gasteiger partial charge is 0.370 e. The van der Waals surface area contributed by atoms with Gasteiger partial charge in [0.15, 0.2) is 0 Å². The number of amides is 1. The Bertz CT molecular complexity index is 949. The SMILES string of the molecule is Cc1ccc([C@@H]2CN(C(=O)c3cncn3-c3ccccc3)CCO2)c(C)c1. The predicted octanol–water partition coefficient (Wildman–Crippen LogP) is 3.70. The number of para-hydroxylation sites is 1. The molecule has 5 nitrogen and oxygen atoms in total. The Morgan fingerprint density at radius 1 is 1.15 bits per heavy atom. The molecule has 1 aliphatic heterocycles. The van der Waals surface area contributed by atoms with E-state index in [0.29, 0.717) is 25.4 Å². The lowest BCUT2D eigenvalue weighted by Crippen LogP contribution is -2.43. The van der Waals surface area contributed by atoms with Gasteiger partial charge in [-0.05, 0) is 37.1 Å². The summed E-state index contributed by atoms with van der Waals surface area (Å²) < 4.78 is 7.82. The van der Waals surface area contributed by atoms with E-state index >= 15 is 0 Å². The van der Waals surface area contributed by atoms with Crippen LogP contribution in [0.25, 0.3) is 5.69 Å². The van der Waals surface area contributed by atoms with Crippen LogP contribution in [-0.2, 0) is 4.74 Å². The van der Waals surface area contributed by atoms with Crippen molar-refractivity contribution in [1.29, 1.82) is 0 Å². The van der Waals surface area contributed by atoms with Crippen molar-refractivity contribution < 1.29 is 9.53 Å². The zero-order valence-electron chi connectivity index (χ0n) is 15.6. The Labute approximate surface area is 159 Å². The van der Waals surface area contributed by atoms with E-state index in [-0.39, 0.29) is 12.0 Å². The Balaban J connectivity index is 1.57. The molecule has 138 valence electrons. The van der Waals surface area contributed by atoms with E-state index < -0.39 is 0 Å². The molecule has 1 amide bonds. The topological polar surface area (TPSA) is 47.4 Å². The smallest absolute Gasteiger partial charge is 0.272 e. The maximum absolute atomic E-state index is 13.2. The fourth-order valence-corrected chi connectivity index (χ4v) is 3.62. The lowest BCUT2D eigenvalue weighted by molar-refractivity contribution is -0.0233. The van der Waals surface area contributed by atoms with Crippen LogP contribution in [0.2, 0.25) is 0 Å². The number of carbonyl (C=O) groups excluding carboxylic acids is 1. The zero-order chi connectivity index (χ0) is 18.8. The van der Waals surface area contributed by atoms with Crippen molar-refractivity contribution in [3.05, 3.63) is 83.4 Å². The lowest BCUT2D eigenvalue weighted by atomic mass is 10.00. The monoisotopic (exact) mass is 361 g/mol. The number of aromatic nitrogens is 2. The molecule has 27 heavy (non-hydrogen) atoms. The van der Waals surface area contributed by atoms with Crippen LogP contribution in [0.3, 0.4) is 0 Å². The number of rotatable bonds is 3. The molecule has 0 unspecified atom stereocenters. The van der Waals surface area contributed by atoms with Gasteiger partial charge in [0.2, 0.25) is 0 Å². The Morgan fingerprint density at radius 3 is 2.74 bits per heavy atom. The number of aryl methyl sites for hydroxylation is 2. The second-order valence-corrected chi connectivity index (χ2v) is 6.96. The second-order valence-electron chi connectivity index (χ2n) is 6.96. The summed E-state index contributed by atoms with van der Waals surface area (Å²) in [5, 5.41) is 0. The molecular weight excluding hydrogens is 338 g/mol. The van der Waals surface area contributed by atoms with Gasteiger partial charge in [-0.15, -0.1) is 0 Å². The number of benzene rings is 2. The first-order valence-corrected chi connectivity index (χ1v) is 9.19. The van der Waals surface area contributed by atoms with E-state index in [4.69, 9.17) is 4.74 Å². The van der Waals surface area contributed by atoms with Crippen LogP contribution in [0.1, 0.15) is 33.3 Å². The Kier molecular flexibility index (Phi) is 4.77. The molecule has 1 aliphatic rings. The van der Waals surface area contributed by atoms with Crippen molar-refractivity contribution in [3.63, 3.8) is 0 Å². The number of morpholine rings is 1. The van der Waals surface area contributed by atoms with Crippen molar-refractivity contribution in [2.24, 2.45) is 0 Å². The van der Waals surface area contributed by atoms with Gasteiger partial charge in [-0.1, -0.05) is 42.0 Å². The highest BCUT2D eigenvalue weighted by Gasteiger charge is 2.28. The van der Waals surface area contributed by atoms with Crippen LogP contribution < -0.4 is 0 Å². The number of carbonyl (C=O) groups is 1. The van der Waals surface area contributed by atoms with E-state index in [1.165, 1.54) is 11.1 Å². The van der Waals surface area contributed by atoms with Gasteiger partial charge in [-0.2, -0.15) is 0 Å². The molecule has 1 fully saturated rings. The van der Waals surface area contributed by atoms with E-state index in [1.54, 1.807) is 12.5 Å². The minimum Gasteiger partial charge on any atom is -0.370 e. The molecule has 0 N–H and O–H groups in total. The summed E-state index contributed by atoms with van der Waals surface area (Å²) >= 11 is 0. The van der Waals surface area contributed by atoms with Crippen molar-refractivity contribution in [2.45, 2.75) is 20.0 Å². The third-order valence-corrected chi connectivity index (χ3v) is 5.02. The van der Waals surface area contributed by atoms with Gasteiger partial charge in [0, 0.05) is 12.2 Å². The molecule has 2 aromatic carbocycles. The number of nitrogens with zero attached hydrogens (tertiary/aromatic N) is 3. The van der Waals surface area contributed by atoms with Gasteiger partial charge < -0.3 is 9.64 Å². The highest BCUT2D eigenvalue weighted by atomic mass is 16.5. The van der Waals surface area contributed by atoms with Crippen molar-refractivity contribution >= 4 is 5.91 Å². The van der Waals surface area contributed by atoms with Crippen LogP contribution in [0.4, 0.5) is 0 Å². The first kappa shape index (κ1) is 17.5. The molecule has 4 rings (SSSR count). The van der Waals surface area contributed by atoms with Gasteiger partial charge in [0.1, 0.15) is 11.8 Å². The Hall–Kier alpha value is -2.92. The molecule has 1 atom stereocenters. The van der Waals surface area contributed by atoms with E-state index in [9.17, 15) is 4.79 Å². The van der Waals surface area contributed by atoms with Crippen molar-refractivity contribution in [2.75, 3.05) is 19.7 Å². The third-order valence-electron chi connectivity index (χ3n) is 5.02. The van der Waals surface area contributed by atoms with Crippen LogP contribution in [0.5, 0.6) is 0 Å². The molecule has 0 radical (unpaired) electrons. The molecule has 0 bridgehead atoms. The second kappa shape index (κ2) is 7.37. The molecule has 0 aliphatic carbocycles. The summed E-state index contributed by atoms with van der Waals surface area (Å²) in [6.45, 7) is 5.84. The van der Waals surface area contributed by atoms with Gasteiger partial charge in [0.05, 0.1) is 25.7 Å². The van der Waals surface area contributed by atoms with Crippen LogP contribution >= 0.6 is 0 Å². The van der Waals surface area contributed by atoms with E-state index in [0.717, 1.165) is 11.3 Å². The summed E-state index contributed by atoms with van der Waals surface area (Å²) in [4.78, 5) is 19.2. The number of ether oxygens (including phenoxy) is 1. The quantitative estimate of drug-likeness (QED) is 0.715. The van der Waals surface area contributed by atoms with Crippen LogP contribution in [-0.4, -0.2) is 40.1 Å². The molecule has 1 aromatic heterocycles. The van der Waals surface area contributed by atoms with Crippen LogP contribution in [0, 0.1) is 13.8 Å². The van der Waals surface area contributed by atoms with Crippen molar-refractivity contribution in [1.82, 2.24) is 14.5 Å². The standard InChI is InChI=1S/C22H23N3O2/c1-16-8-9-19(17(2)12-16)21-14-24(10-11-27-21)22(26)20-13-23-15-25(20)18-6-4-3-5-7-18/h3-9,12-13,15,21H,10-11,14H2,1-2H3/t21-/m0/s1. The van der Waals surface area contributed by atoms with Gasteiger partial charge in [0.25, 0.3) is 5.91 Å². The van der Waals surface area contributed by atoms with Gasteiger partial charge in [-0.3, -0.25) is 9.36 Å². The minimum atomic E-state index is -0.101. The van der Waals surface area contributed by atoms with E-state index in [2.05, 4.69) is 37.0 Å². The number of hydrogen-bond acceptors (Lipinski definition) is 3. The summed E-state index contributed by atoms with van der Waals surface area (Å²) in [5.74, 6) is -0.0191.